The normalized spacial score (nSPS) is 14.7. The van der Waals surface area contributed by atoms with Crippen LogP contribution in [0.2, 0.25) is 0 Å². The molecule has 148 valence electrons. The summed E-state index contributed by atoms with van der Waals surface area (Å²) in [6, 6.07) is 3.90. The second kappa shape index (κ2) is 7.55. The second-order valence-electron chi connectivity index (χ2n) is 6.86. The van der Waals surface area contributed by atoms with Gasteiger partial charge in [-0.3, -0.25) is 4.79 Å². The molecule has 6 nitrogen and oxygen atoms in total. The fourth-order valence-electron chi connectivity index (χ4n) is 4.06. The highest BCUT2D eigenvalue weighted by Crippen LogP contribution is 2.47. The molecule has 0 amide bonds. The highest BCUT2D eigenvalue weighted by atomic mass is 19.1. The molecule has 0 fully saturated rings. The van der Waals surface area contributed by atoms with Gasteiger partial charge in [-0.15, -0.1) is 0 Å². The summed E-state index contributed by atoms with van der Waals surface area (Å²) >= 11 is 0. The molecule has 1 aromatic heterocycles. The minimum absolute atomic E-state index is 0.0644. The summed E-state index contributed by atoms with van der Waals surface area (Å²) in [7, 11) is 4.20. The van der Waals surface area contributed by atoms with Crippen molar-refractivity contribution in [3.05, 3.63) is 34.3 Å². The molecule has 3 rings (SSSR count). The Morgan fingerprint density at radius 1 is 1.36 bits per heavy atom. The van der Waals surface area contributed by atoms with Crippen LogP contribution in [0.1, 0.15) is 41.8 Å². The van der Waals surface area contributed by atoms with Crippen LogP contribution in [0.25, 0.3) is 11.3 Å². The highest BCUT2D eigenvalue weighted by molar-refractivity contribution is 5.78. The summed E-state index contributed by atoms with van der Waals surface area (Å²) in [5.74, 6) is -0.433. The molecule has 0 bridgehead atoms. The Bertz CT molecular complexity index is 988. The van der Waals surface area contributed by atoms with Crippen molar-refractivity contribution >= 4 is 5.97 Å². The lowest BCUT2D eigenvalue weighted by Crippen LogP contribution is -2.20. The predicted molar refractivity (Wildman–Crippen MR) is 101 cm³/mol. The fourth-order valence-corrected chi connectivity index (χ4v) is 4.06. The van der Waals surface area contributed by atoms with E-state index in [2.05, 4.69) is 6.07 Å². The van der Waals surface area contributed by atoms with E-state index in [-0.39, 0.29) is 29.9 Å². The summed E-state index contributed by atoms with van der Waals surface area (Å²) in [5.41, 5.74) is 3.97. The molecule has 7 heteroatoms. The molecule has 0 saturated heterocycles. The van der Waals surface area contributed by atoms with E-state index in [1.807, 2.05) is 18.4 Å². The monoisotopic (exact) mass is 386 g/mol. The molecule has 1 unspecified atom stereocenters. The molecule has 2 aromatic rings. The van der Waals surface area contributed by atoms with Crippen molar-refractivity contribution in [2.45, 2.75) is 39.2 Å². The summed E-state index contributed by atoms with van der Waals surface area (Å²) in [6.45, 7) is 3.84. The quantitative estimate of drug-likeness (QED) is 0.733. The largest absolute Gasteiger partial charge is 0.493 e. The zero-order valence-electron chi connectivity index (χ0n) is 16.7. The maximum Gasteiger partial charge on any atom is 0.305 e. The SMILES string of the molecule is COC(=O)CCc1c(C)c(C#N)c2n1C(C)Cc1c-2cc(OC)c(OC)c1F. The zero-order valence-corrected chi connectivity index (χ0v) is 16.7. The van der Waals surface area contributed by atoms with E-state index in [9.17, 15) is 10.1 Å². The van der Waals surface area contributed by atoms with Gasteiger partial charge in [0.2, 0.25) is 0 Å². The van der Waals surface area contributed by atoms with Gasteiger partial charge in [-0.1, -0.05) is 0 Å². The lowest BCUT2D eigenvalue weighted by atomic mass is 9.91. The van der Waals surface area contributed by atoms with Crippen LogP contribution in [0.3, 0.4) is 0 Å². The van der Waals surface area contributed by atoms with E-state index in [0.717, 1.165) is 11.3 Å². The highest BCUT2D eigenvalue weighted by Gasteiger charge is 2.33. The molecule has 0 spiro atoms. The first-order valence-corrected chi connectivity index (χ1v) is 9.03. The lowest BCUT2D eigenvalue weighted by Gasteiger charge is -2.29. The topological polar surface area (TPSA) is 73.5 Å². The van der Waals surface area contributed by atoms with Crippen molar-refractivity contribution in [1.29, 1.82) is 5.26 Å². The Morgan fingerprint density at radius 3 is 2.64 bits per heavy atom. The molecule has 0 saturated carbocycles. The lowest BCUT2D eigenvalue weighted by molar-refractivity contribution is -0.140. The van der Waals surface area contributed by atoms with Gasteiger partial charge >= 0.3 is 5.97 Å². The van der Waals surface area contributed by atoms with Gasteiger partial charge in [0.1, 0.15) is 6.07 Å². The Morgan fingerprint density at radius 2 is 2.07 bits per heavy atom. The van der Waals surface area contributed by atoms with Gasteiger partial charge in [0, 0.05) is 22.9 Å². The van der Waals surface area contributed by atoms with E-state index in [4.69, 9.17) is 14.2 Å². The summed E-state index contributed by atoms with van der Waals surface area (Å²) < 4.78 is 32.5. The third-order valence-electron chi connectivity index (χ3n) is 5.39. The smallest absolute Gasteiger partial charge is 0.305 e. The van der Waals surface area contributed by atoms with Crippen LogP contribution in [-0.2, 0) is 22.4 Å². The van der Waals surface area contributed by atoms with Gasteiger partial charge in [-0.2, -0.15) is 5.26 Å². The number of esters is 1. The predicted octanol–water partition coefficient (Wildman–Crippen LogP) is 3.71. The van der Waals surface area contributed by atoms with Crippen molar-refractivity contribution in [1.82, 2.24) is 4.57 Å². The summed E-state index contributed by atoms with van der Waals surface area (Å²) in [6.07, 6.45) is 1.10. The Labute approximate surface area is 163 Å². The van der Waals surface area contributed by atoms with Crippen LogP contribution in [0, 0.1) is 24.1 Å². The maximum absolute atomic E-state index is 15.2. The van der Waals surface area contributed by atoms with E-state index in [1.54, 1.807) is 6.07 Å². The number of ether oxygens (including phenoxy) is 3. The number of nitriles is 1. The van der Waals surface area contributed by atoms with E-state index >= 15 is 4.39 Å². The third kappa shape index (κ3) is 2.89. The Kier molecular flexibility index (Phi) is 5.32. The fraction of sp³-hybridized carbons (Fsp3) is 0.429. The van der Waals surface area contributed by atoms with Gasteiger partial charge in [-0.05, 0) is 38.3 Å². The van der Waals surface area contributed by atoms with Crippen molar-refractivity contribution in [3.63, 3.8) is 0 Å². The molecular weight excluding hydrogens is 363 g/mol. The van der Waals surface area contributed by atoms with Crippen LogP contribution < -0.4 is 9.47 Å². The van der Waals surface area contributed by atoms with Crippen molar-refractivity contribution in [3.8, 4) is 28.8 Å². The van der Waals surface area contributed by atoms with Crippen LogP contribution >= 0.6 is 0 Å². The van der Waals surface area contributed by atoms with Gasteiger partial charge in [0.15, 0.2) is 17.3 Å². The molecule has 0 aliphatic carbocycles. The number of carbonyl (C=O) groups is 1. The molecule has 0 radical (unpaired) electrons. The van der Waals surface area contributed by atoms with E-state index < -0.39 is 5.82 Å². The zero-order chi connectivity index (χ0) is 20.6. The number of benzene rings is 1. The van der Waals surface area contributed by atoms with Gasteiger partial charge in [0.05, 0.1) is 39.0 Å². The number of hydrogen-bond donors (Lipinski definition) is 0. The maximum atomic E-state index is 15.2. The van der Waals surface area contributed by atoms with Gasteiger partial charge < -0.3 is 18.8 Å². The number of fused-ring (bicyclic) bond motifs is 3. The summed E-state index contributed by atoms with van der Waals surface area (Å²) in [5, 5.41) is 9.82. The number of carbonyl (C=O) groups excluding carboxylic acids is 1. The number of halogens is 1. The molecule has 2 heterocycles. The van der Waals surface area contributed by atoms with Gasteiger partial charge in [-0.25, -0.2) is 4.39 Å². The standard InChI is InChI=1S/C21H23FN2O4/c1-11-8-13-14(9-17(26-3)21(28-5)19(13)22)20-15(10-23)12(2)16(24(11)20)6-7-18(25)27-4/h9,11H,6-8H2,1-5H3. The second-order valence-corrected chi connectivity index (χ2v) is 6.86. The van der Waals surface area contributed by atoms with Crippen LogP contribution in [-0.4, -0.2) is 31.9 Å². The number of methoxy groups -OCH3 is 3. The molecule has 0 N–H and O–H groups in total. The number of aromatic nitrogens is 1. The van der Waals surface area contributed by atoms with Crippen LogP contribution in [0.15, 0.2) is 6.07 Å². The Hall–Kier alpha value is -3.01. The molecule has 28 heavy (non-hydrogen) atoms. The van der Waals surface area contributed by atoms with Crippen molar-refractivity contribution < 1.29 is 23.4 Å². The third-order valence-corrected chi connectivity index (χ3v) is 5.39. The van der Waals surface area contributed by atoms with E-state index in [1.165, 1.54) is 21.3 Å². The van der Waals surface area contributed by atoms with Crippen LogP contribution in [0.4, 0.5) is 4.39 Å². The van der Waals surface area contributed by atoms with Gasteiger partial charge in [0.25, 0.3) is 0 Å². The first-order chi connectivity index (χ1) is 13.4. The molecule has 1 aliphatic heterocycles. The number of hydrogen-bond acceptors (Lipinski definition) is 5. The molecule has 1 aliphatic rings. The van der Waals surface area contributed by atoms with Crippen LogP contribution in [0.5, 0.6) is 11.5 Å². The molecular formula is C21H23FN2O4. The van der Waals surface area contributed by atoms with E-state index in [0.29, 0.717) is 35.2 Å². The molecule has 1 atom stereocenters. The average molecular weight is 386 g/mol. The first kappa shape index (κ1) is 19.7. The summed E-state index contributed by atoms with van der Waals surface area (Å²) in [4.78, 5) is 11.6. The first-order valence-electron chi connectivity index (χ1n) is 9.03. The number of rotatable bonds is 5. The van der Waals surface area contributed by atoms with Crippen molar-refractivity contribution in [2.75, 3.05) is 21.3 Å². The number of nitrogens with zero attached hydrogens (tertiary/aromatic N) is 2. The minimum atomic E-state index is -0.464. The minimum Gasteiger partial charge on any atom is -0.493 e. The van der Waals surface area contributed by atoms with Crippen molar-refractivity contribution in [2.24, 2.45) is 0 Å². The molecule has 1 aromatic carbocycles. The Balaban J connectivity index is 2.27. The average Bonchev–Trinajstić information content (AvgIpc) is 2.98.